The largest absolute Gasteiger partial charge is 0.462 e. The van der Waals surface area contributed by atoms with Crippen molar-refractivity contribution in [2.24, 2.45) is 0 Å². The van der Waals surface area contributed by atoms with Crippen LogP contribution in [0.2, 0.25) is 0 Å². The number of ether oxygens (including phenoxy) is 1. The summed E-state index contributed by atoms with van der Waals surface area (Å²) in [5.74, 6) is -0.320. The lowest BCUT2D eigenvalue weighted by molar-refractivity contribution is 0.0533. The zero-order chi connectivity index (χ0) is 15.0. The van der Waals surface area contributed by atoms with Crippen molar-refractivity contribution in [1.82, 2.24) is 0 Å². The molecule has 110 valence electrons. The van der Waals surface area contributed by atoms with E-state index in [0.29, 0.717) is 17.2 Å². The van der Waals surface area contributed by atoms with Crippen molar-refractivity contribution in [3.63, 3.8) is 0 Å². The van der Waals surface area contributed by atoms with Gasteiger partial charge in [-0.3, -0.25) is 0 Å². The number of carbonyl (C=O) groups is 1. The minimum Gasteiger partial charge on any atom is -0.462 e. The van der Waals surface area contributed by atoms with Crippen molar-refractivity contribution in [1.29, 1.82) is 0 Å². The molecule has 0 amide bonds. The molecule has 0 bridgehead atoms. The highest BCUT2D eigenvalue weighted by molar-refractivity contribution is 7.31. The molecule has 0 aliphatic heterocycles. The average molecular weight is 337 g/mol. The number of thiophene rings is 3. The molecule has 0 radical (unpaired) electrons. The maximum Gasteiger partial charge on any atom is 0.350 e. The standard InChI is InChI=1S/C15H15NO2S3/c1-3-8-12(16)14(15(17)18-4-2)21-13(8)11-7-10-9(20-11)5-6-19-10/h5-7H,3-4,16H2,1-2H3. The Morgan fingerprint density at radius 3 is 2.76 bits per heavy atom. The first kappa shape index (κ1) is 14.6. The second-order valence-corrected chi connectivity index (χ2v) is 7.54. The van der Waals surface area contributed by atoms with Gasteiger partial charge in [0, 0.05) is 14.3 Å². The highest BCUT2D eigenvalue weighted by Gasteiger charge is 2.22. The van der Waals surface area contributed by atoms with E-state index >= 15 is 0 Å². The molecule has 3 nitrogen and oxygen atoms in total. The Bertz CT molecular complexity index is 769. The van der Waals surface area contributed by atoms with Crippen LogP contribution in [-0.2, 0) is 11.2 Å². The molecule has 21 heavy (non-hydrogen) atoms. The van der Waals surface area contributed by atoms with Gasteiger partial charge in [0.25, 0.3) is 0 Å². The van der Waals surface area contributed by atoms with Gasteiger partial charge in [0.2, 0.25) is 0 Å². The van der Waals surface area contributed by atoms with Gasteiger partial charge in [0.15, 0.2) is 0 Å². The number of anilines is 1. The molecule has 0 saturated heterocycles. The molecular formula is C15H15NO2S3. The number of fused-ring (bicyclic) bond motifs is 1. The highest BCUT2D eigenvalue weighted by Crippen LogP contribution is 2.44. The topological polar surface area (TPSA) is 52.3 Å². The van der Waals surface area contributed by atoms with E-state index in [9.17, 15) is 4.79 Å². The lowest BCUT2D eigenvalue weighted by atomic mass is 10.1. The molecule has 0 fully saturated rings. The summed E-state index contributed by atoms with van der Waals surface area (Å²) in [6, 6.07) is 4.31. The summed E-state index contributed by atoms with van der Waals surface area (Å²) in [5.41, 5.74) is 7.80. The summed E-state index contributed by atoms with van der Waals surface area (Å²) in [5, 5.41) is 2.10. The third-order valence-corrected chi connectivity index (χ3v) is 6.73. The van der Waals surface area contributed by atoms with Gasteiger partial charge in [0.05, 0.1) is 17.2 Å². The molecule has 3 aromatic rings. The van der Waals surface area contributed by atoms with E-state index < -0.39 is 0 Å². The molecule has 3 aromatic heterocycles. The van der Waals surface area contributed by atoms with Crippen LogP contribution in [0.25, 0.3) is 19.2 Å². The Hall–Kier alpha value is -1.37. The van der Waals surface area contributed by atoms with Gasteiger partial charge >= 0.3 is 5.97 Å². The van der Waals surface area contributed by atoms with Crippen LogP contribution in [0.5, 0.6) is 0 Å². The second kappa shape index (κ2) is 5.79. The molecule has 6 heteroatoms. The van der Waals surface area contributed by atoms with Crippen molar-refractivity contribution in [2.45, 2.75) is 20.3 Å². The Labute approximate surface area is 135 Å². The highest BCUT2D eigenvalue weighted by atomic mass is 32.1. The summed E-state index contributed by atoms with van der Waals surface area (Å²) < 4.78 is 7.66. The predicted octanol–water partition coefficient (Wildman–Crippen LogP) is 5.01. The lowest BCUT2D eigenvalue weighted by Gasteiger charge is -2.01. The molecule has 3 rings (SSSR count). The molecule has 0 spiro atoms. The smallest absolute Gasteiger partial charge is 0.350 e. The molecule has 2 N–H and O–H groups in total. The van der Waals surface area contributed by atoms with E-state index in [1.54, 1.807) is 29.6 Å². The molecule has 0 atom stereocenters. The van der Waals surface area contributed by atoms with Gasteiger partial charge in [-0.1, -0.05) is 6.92 Å². The summed E-state index contributed by atoms with van der Waals surface area (Å²) >= 11 is 4.93. The van der Waals surface area contributed by atoms with Crippen LogP contribution in [0.1, 0.15) is 29.1 Å². The van der Waals surface area contributed by atoms with Crippen molar-refractivity contribution in [3.05, 3.63) is 28.0 Å². The Balaban J connectivity index is 2.11. The summed E-state index contributed by atoms with van der Waals surface area (Å²) in [6.45, 7) is 4.23. The van der Waals surface area contributed by atoms with Crippen LogP contribution < -0.4 is 5.73 Å². The average Bonchev–Trinajstić information content (AvgIpc) is 3.10. The molecule has 0 aliphatic carbocycles. The van der Waals surface area contributed by atoms with E-state index in [-0.39, 0.29) is 5.97 Å². The predicted molar refractivity (Wildman–Crippen MR) is 92.8 cm³/mol. The third kappa shape index (κ3) is 2.47. The van der Waals surface area contributed by atoms with Crippen LogP contribution >= 0.6 is 34.0 Å². The monoisotopic (exact) mass is 337 g/mol. The molecule has 0 saturated carbocycles. The number of rotatable bonds is 4. The van der Waals surface area contributed by atoms with Crippen molar-refractivity contribution < 1.29 is 9.53 Å². The quantitative estimate of drug-likeness (QED) is 0.681. The van der Waals surface area contributed by atoms with Gasteiger partial charge in [0.1, 0.15) is 4.88 Å². The van der Waals surface area contributed by atoms with E-state index in [1.165, 1.54) is 25.6 Å². The number of nitrogens with two attached hydrogens (primary N) is 1. The van der Waals surface area contributed by atoms with Crippen LogP contribution in [0.15, 0.2) is 17.5 Å². The first-order chi connectivity index (χ1) is 10.2. The third-order valence-electron chi connectivity index (χ3n) is 3.23. The summed E-state index contributed by atoms with van der Waals surface area (Å²) in [7, 11) is 0. The van der Waals surface area contributed by atoms with E-state index in [0.717, 1.165) is 16.9 Å². The first-order valence-corrected chi connectivity index (χ1v) is 9.22. The molecule has 0 unspecified atom stereocenters. The Morgan fingerprint density at radius 2 is 2.10 bits per heavy atom. The van der Waals surface area contributed by atoms with E-state index in [4.69, 9.17) is 10.5 Å². The zero-order valence-corrected chi connectivity index (χ0v) is 14.2. The maximum atomic E-state index is 12.0. The van der Waals surface area contributed by atoms with Gasteiger partial charge in [-0.05, 0) is 36.4 Å². The minimum atomic E-state index is -0.320. The van der Waals surface area contributed by atoms with Crippen LogP contribution in [0, 0.1) is 0 Å². The number of hydrogen-bond donors (Lipinski definition) is 1. The molecule has 0 aromatic carbocycles. The number of hydrogen-bond acceptors (Lipinski definition) is 6. The number of esters is 1. The minimum absolute atomic E-state index is 0.320. The van der Waals surface area contributed by atoms with Gasteiger partial charge in [-0.2, -0.15) is 0 Å². The van der Waals surface area contributed by atoms with Crippen molar-refractivity contribution in [2.75, 3.05) is 12.3 Å². The van der Waals surface area contributed by atoms with Crippen molar-refractivity contribution >= 4 is 55.1 Å². The Kier molecular flexibility index (Phi) is 4.01. The SMILES string of the molecule is CCOC(=O)c1sc(-c2cc3sccc3s2)c(CC)c1N. The summed E-state index contributed by atoms with van der Waals surface area (Å²) in [4.78, 5) is 14.8. The van der Waals surface area contributed by atoms with Crippen LogP contribution in [-0.4, -0.2) is 12.6 Å². The second-order valence-electron chi connectivity index (χ2n) is 4.49. The first-order valence-electron chi connectivity index (χ1n) is 6.71. The fourth-order valence-corrected chi connectivity index (χ4v) is 5.70. The molecular weight excluding hydrogens is 322 g/mol. The van der Waals surface area contributed by atoms with Gasteiger partial charge < -0.3 is 10.5 Å². The van der Waals surface area contributed by atoms with Gasteiger partial charge in [-0.15, -0.1) is 34.0 Å². The molecule has 3 heterocycles. The van der Waals surface area contributed by atoms with E-state index in [2.05, 4.69) is 24.4 Å². The van der Waals surface area contributed by atoms with Crippen molar-refractivity contribution in [3.8, 4) is 9.75 Å². The normalized spacial score (nSPS) is 11.1. The zero-order valence-electron chi connectivity index (χ0n) is 11.8. The van der Waals surface area contributed by atoms with Gasteiger partial charge in [-0.25, -0.2) is 4.79 Å². The maximum absolute atomic E-state index is 12.0. The summed E-state index contributed by atoms with van der Waals surface area (Å²) in [6.07, 6.45) is 0.808. The number of nitrogen functional groups attached to an aromatic ring is 1. The number of carbonyl (C=O) groups excluding carboxylic acids is 1. The Morgan fingerprint density at radius 1 is 1.29 bits per heavy atom. The fourth-order valence-electron chi connectivity index (χ4n) is 2.25. The van der Waals surface area contributed by atoms with E-state index in [1.807, 2.05) is 0 Å². The van der Waals surface area contributed by atoms with Crippen LogP contribution in [0.3, 0.4) is 0 Å². The van der Waals surface area contributed by atoms with Crippen LogP contribution in [0.4, 0.5) is 5.69 Å². The molecule has 0 aliphatic rings. The fraction of sp³-hybridized carbons (Fsp3) is 0.267. The lowest BCUT2D eigenvalue weighted by Crippen LogP contribution is -2.05.